The molecule has 0 unspecified atom stereocenters. The number of carbonyl (C=O) groups excluding carboxylic acids is 1. The van der Waals surface area contributed by atoms with Crippen molar-refractivity contribution in [2.45, 2.75) is 0 Å². The maximum Gasteiger partial charge on any atom is 0.270 e. The topological polar surface area (TPSA) is 114 Å². The van der Waals surface area contributed by atoms with Gasteiger partial charge in [0.25, 0.3) is 11.6 Å². The van der Waals surface area contributed by atoms with Crippen molar-refractivity contribution in [3.05, 3.63) is 81.4 Å². The summed E-state index contributed by atoms with van der Waals surface area (Å²) < 4.78 is 10.8. The lowest BCUT2D eigenvalue weighted by molar-refractivity contribution is -0.384. The first-order valence-corrected chi connectivity index (χ1v) is 9.34. The van der Waals surface area contributed by atoms with Gasteiger partial charge in [-0.05, 0) is 42.0 Å². The van der Waals surface area contributed by atoms with Crippen LogP contribution >= 0.6 is 11.6 Å². The fraction of sp³-hybridized carbons (Fsp3) is 0.0909. The zero-order valence-corrected chi connectivity index (χ0v) is 17.1. The minimum atomic E-state index is -0.502. The van der Waals surface area contributed by atoms with E-state index in [0.717, 1.165) is 0 Å². The number of amides is 1. The van der Waals surface area contributed by atoms with Crippen molar-refractivity contribution in [1.29, 1.82) is 5.26 Å². The maximum atomic E-state index is 12.3. The van der Waals surface area contributed by atoms with E-state index >= 15 is 0 Å². The third-order valence-electron chi connectivity index (χ3n) is 4.31. The van der Waals surface area contributed by atoms with Crippen LogP contribution in [0.25, 0.3) is 11.1 Å². The van der Waals surface area contributed by atoms with Gasteiger partial charge in [0.15, 0.2) is 6.61 Å². The first kappa shape index (κ1) is 21.6. The van der Waals surface area contributed by atoms with Gasteiger partial charge in [-0.25, -0.2) is 0 Å². The first-order chi connectivity index (χ1) is 14.9. The molecule has 0 fully saturated rings. The molecular weight excluding hydrogens is 422 g/mol. The van der Waals surface area contributed by atoms with Crippen LogP contribution in [0.15, 0.2) is 60.7 Å². The van der Waals surface area contributed by atoms with Gasteiger partial charge in [0.2, 0.25) is 0 Å². The van der Waals surface area contributed by atoms with Gasteiger partial charge in [0, 0.05) is 23.4 Å². The van der Waals surface area contributed by atoms with Crippen LogP contribution in [0.3, 0.4) is 0 Å². The summed E-state index contributed by atoms with van der Waals surface area (Å²) in [6, 6.07) is 17.5. The number of rotatable bonds is 7. The molecule has 0 saturated carbocycles. The second-order valence-corrected chi connectivity index (χ2v) is 6.72. The summed E-state index contributed by atoms with van der Waals surface area (Å²) in [6.45, 7) is -0.335. The number of ether oxygens (including phenoxy) is 2. The van der Waals surface area contributed by atoms with Gasteiger partial charge < -0.3 is 14.8 Å². The molecule has 0 bridgehead atoms. The van der Waals surface area contributed by atoms with E-state index in [9.17, 15) is 14.9 Å². The Kier molecular flexibility index (Phi) is 6.70. The second-order valence-electron chi connectivity index (χ2n) is 6.31. The minimum absolute atomic E-state index is 0.102. The second kappa shape index (κ2) is 9.61. The van der Waals surface area contributed by atoms with Crippen molar-refractivity contribution in [1.82, 2.24) is 0 Å². The Morgan fingerprint density at radius 3 is 2.52 bits per heavy atom. The van der Waals surface area contributed by atoms with Gasteiger partial charge in [-0.3, -0.25) is 14.9 Å². The van der Waals surface area contributed by atoms with E-state index in [1.807, 2.05) is 6.07 Å². The van der Waals surface area contributed by atoms with Crippen molar-refractivity contribution >= 4 is 28.9 Å². The molecule has 3 aromatic carbocycles. The summed E-state index contributed by atoms with van der Waals surface area (Å²) in [6.07, 6.45) is 0. The van der Waals surface area contributed by atoms with Crippen molar-refractivity contribution in [2.24, 2.45) is 0 Å². The molecule has 0 radical (unpaired) electrons. The van der Waals surface area contributed by atoms with Gasteiger partial charge >= 0.3 is 0 Å². The van der Waals surface area contributed by atoms with E-state index in [2.05, 4.69) is 5.32 Å². The average Bonchev–Trinajstić information content (AvgIpc) is 2.77. The number of carbonyl (C=O) groups is 1. The third-order valence-corrected chi connectivity index (χ3v) is 4.62. The molecule has 0 heterocycles. The number of nitro groups is 1. The van der Waals surface area contributed by atoms with Crippen molar-refractivity contribution in [2.75, 3.05) is 19.0 Å². The number of anilines is 1. The Balaban J connectivity index is 1.78. The number of methoxy groups -OCH3 is 1. The van der Waals surface area contributed by atoms with Crippen molar-refractivity contribution < 1.29 is 19.2 Å². The van der Waals surface area contributed by atoms with E-state index < -0.39 is 10.8 Å². The minimum Gasteiger partial charge on any atom is -0.497 e. The smallest absolute Gasteiger partial charge is 0.270 e. The van der Waals surface area contributed by atoms with Gasteiger partial charge in [-0.2, -0.15) is 5.26 Å². The van der Waals surface area contributed by atoms with E-state index in [1.165, 1.54) is 37.4 Å². The number of nitrogens with one attached hydrogen (secondary N) is 1. The van der Waals surface area contributed by atoms with E-state index in [0.29, 0.717) is 33.9 Å². The van der Waals surface area contributed by atoms with Gasteiger partial charge in [0.1, 0.15) is 17.6 Å². The Bertz CT molecular complexity index is 1170. The Morgan fingerprint density at radius 1 is 1.16 bits per heavy atom. The highest BCUT2D eigenvalue weighted by atomic mass is 35.5. The summed E-state index contributed by atoms with van der Waals surface area (Å²) in [5.74, 6) is 0.487. The summed E-state index contributed by atoms with van der Waals surface area (Å²) in [4.78, 5) is 23.0. The molecule has 0 spiro atoms. The molecule has 156 valence electrons. The zero-order valence-electron chi connectivity index (χ0n) is 16.3. The fourth-order valence-corrected chi connectivity index (χ4v) is 3.00. The lowest BCUT2D eigenvalue weighted by Gasteiger charge is -2.12. The highest BCUT2D eigenvalue weighted by molar-refractivity contribution is 6.32. The predicted octanol–water partition coefficient (Wildman–Crippen LogP) is 4.81. The number of benzene rings is 3. The average molecular weight is 438 g/mol. The van der Waals surface area contributed by atoms with E-state index in [4.69, 9.17) is 26.3 Å². The molecular formula is C22H16ClN3O5. The van der Waals surface area contributed by atoms with Crippen LogP contribution in [-0.2, 0) is 4.79 Å². The van der Waals surface area contributed by atoms with E-state index in [-0.39, 0.29) is 17.3 Å². The lowest BCUT2D eigenvalue weighted by atomic mass is 10.0. The molecule has 3 aromatic rings. The number of non-ortho nitro benzene ring substituents is 1. The highest BCUT2D eigenvalue weighted by Gasteiger charge is 2.15. The number of hydrogen-bond acceptors (Lipinski definition) is 6. The van der Waals surface area contributed by atoms with Crippen LogP contribution in [-0.4, -0.2) is 24.5 Å². The third kappa shape index (κ3) is 5.29. The number of hydrogen-bond donors (Lipinski definition) is 1. The molecule has 1 amide bonds. The number of halogens is 1. The lowest BCUT2D eigenvalue weighted by Crippen LogP contribution is -2.20. The van der Waals surface area contributed by atoms with Gasteiger partial charge in [0.05, 0.1) is 22.6 Å². The highest BCUT2D eigenvalue weighted by Crippen LogP contribution is 2.34. The standard InChI is InChI=1S/C22H16ClN3O5/c1-30-18-7-3-14(4-8-18)19-11-17(26(28)29)6-9-21(19)31-13-22(27)25-16-5-2-15(12-24)20(23)10-16/h2-11H,13H2,1H3,(H,25,27). The largest absolute Gasteiger partial charge is 0.497 e. The Labute approximate surface area is 182 Å². The quantitative estimate of drug-likeness (QED) is 0.419. The van der Waals surface area contributed by atoms with Crippen LogP contribution in [0.1, 0.15) is 5.56 Å². The molecule has 8 nitrogen and oxygen atoms in total. The molecule has 0 aromatic heterocycles. The number of nitriles is 1. The predicted molar refractivity (Wildman–Crippen MR) is 115 cm³/mol. The normalized spacial score (nSPS) is 10.1. The molecule has 0 atom stereocenters. The summed E-state index contributed by atoms with van der Waals surface area (Å²) in [5, 5.41) is 22.9. The zero-order chi connectivity index (χ0) is 22.4. The fourth-order valence-electron chi connectivity index (χ4n) is 2.78. The summed E-state index contributed by atoms with van der Waals surface area (Å²) in [5.41, 5.74) is 1.74. The van der Waals surface area contributed by atoms with Crippen LogP contribution in [0, 0.1) is 21.4 Å². The SMILES string of the molecule is COc1ccc(-c2cc([N+](=O)[O-])ccc2OCC(=O)Nc2ccc(C#N)c(Cl)c2)cc1. The number of nitrogens with zero attached hydrogens (tertiary/aromatic N) is 2. The number of nitro benzene ring substituents is 1. The molecule has 0 aliphatic carbocycles. The molecule has 1 N–H and O–H groups in total. The van der Waals surface area contributed by atoms with Gasteiger partial charge in [-0.1, -0.05) is 23.7 Å². The van der Waals surface area contributed by atoms with E-state index in [1.54, 1.807) is 30.3 Å². The first-order valence-electron chi connectivity index (χ1n) is 8.96. The summed E-state index contributed by atoms with van der Waals surface area (Å²) in [7, 11) is 1.54. The Hall–Kier alpha value is -4.09. The molecule has 0 aliphatic rings. The van der Waals surface area contributed by atoms with Crippen LogP contribution in [0.2, 0.25) is 5.02 Å². The van der Waals surface area contributed by atoms with Crippen molar-refractivity contribution in [3.8, 4) is 28.7 Å². The molecule has 9 heteroatoms. The molecule has 0 aliphatic heterocycles. The van der Waals surface area contributed by atoms with Crippen molar-refractivity contribution in [3.63, 3.8) is 0 Å². The Morgan fingerprint density at radius 2 is 1.90 bits per heavy atom. The molecule has 31 heavy (non-hydrogen) atoms. The van der Waals surface area contributed by atoms with Gasteiger partial charge in [-0.15, -0.1) is 0 Å². The van der Waals surface area contributed by atoms with Crippen LogP contribution in [0.5, 0.6) is 11.5 Å². The van der Waals surface area contributed by atoms with Crippen LogP contribution in [0.4, 0.5) is 11.4 Å². The van der Waals surface area contributed by atoms with Crippen LogP contribution < -0.4 is 14.8 Å². The maximum absolute atomic E-state index is 12.3. The molecule has 3 rings (SSSR count). The monoisotopic (exact) mass is 437 g/mol. The summed E-state index contributed by atoms with van der Waals surface area (Å²) >= 11 is 5.97. The molecule has 0 saturated heterocycles.